The number of nitrogens with two attached hydrogens (primary N) is 1. The van der Waals surface area contributed by atoms with E-state index < -0.39 is 11.9 Å². The lowest BCUT2D eigenvalue weighted by Gasteiger charge is -2.20. The molecule has 1 aromatic heterocycles. The van der Waals surface area contributed by atoms with Crippen LogP contribution in [0.3, 0.4) is 0 Å². The molecule has 37 heavy (non-hydrogen) atoms. The van der Waals surface area contributed by atoms with Crippen LogP contribution in [0.2, 0.25) is 0 Å². The number of carbonyl (C=O) groups is 2. The van der Waals surface area contributed by atoms with Crippen molar-refractivity contribution in [2.24, 2.45) is 11.7 Å². The third-order valence-corrected chi connectivity index (χ3v) is 5.81. The first-order valence-electron chi connectivity index (χ1n) is 11.5. The maximum atomic E-state index is 13.4. The number of nitrogens with zero attached hydrogens (tertiary/aromatic N) is 1. The molecule has 3 aromatic rings. The summed E-state index contributed by atoms with van der Waals surface area (Å²) in [7, 11) is 1.44. The van der Waals surface area contributed by atoms with Crippen LogP contribution in [-0.2, 0) is 24.3 Å². The van der Waals surface area contributed by atoms with Gasteiger partial charge in [0.1, 0.15) is 12.4 Å². The van der Waals surface area contributed by atoms with Gasteiger partial charge in [-0.2, -0.15) is 0 Å². The molecule has 1 heterocycles. The fourth-order valence-corrected chi connectivity index (χ4v) is 4.08. The summed E-state index contributed by atoms with van der Waals surface area (Å²) in [6.45, 7) is 8.21. The van der Waals surface area contributed by atoms with Crippen LogP contribution in [0.25, 0.3) is 11.1 Å². The average molecular weight is 549 g/mol. The number of methoxy groups -OCH3 is 1. The number of esters is 1. The Balaban J connectivity index is 0.00000342. The number of aromatic carboxylic acids is 1. The van der Waals surface area contributed by atoms with Crippen LogP contribution in [0.5, 0.6) is 5.75 Å². The van der Waals surface area contributed by atoms with Crippen LogP contribution in [0, 0.1) is 19.8 Å². The first-order valence-corrected chi connectivity index (χ1v) is 11.5. The monoisotopic (exact) mass is 548 g/mol. The largest absolute Gasteiger partial charge is 0.496 e. The summed E-state index contributed by atoms with van der Waals surface area (Å²) < 4.78 is 11.0. The molecule has 0 aliphatic rings. The Kier molecular flexibility index (Phi) is 12.1. The Morgan fingerprint density at radius 2 is 1.70 bits per heavy atom. The zero-order valence-electron chi connectivity index (χ0n) is 21.7. The topological polar surface area (TPSA) is 112 Å². The van der Waals surface area contributed by atoms with Crippen molar-refractivity contribution in [2.75, 3.05) is 7.11 Å². The standard InChI is InChI=1S/C28H32N2O5.2ClH/c1-16(2)12-23-22(14-29)26(19-8-6-17(3)7-9-19)25(18(4)30-23)28(33)35-15-21-11-10-20(27(31)32)13-24(21)34-5;;/h6-11,13,16H,12,14-15,29H2,1-5H3,(H,31,32);2*1H. The molecule has 0 spiro atoms. The number of halogens is 2. The van der Waals surface area contributed by atoms with Crippen molar-refractivity contribution in [1.29, 1.82) is 0 Å². The van der Waals surface area contributed by atoms with Crippen LogP contribution in [0.1, 0.15) is 62.6 Å². The van der Waals surface area contributed by atoms with Crippen molar-refractivity contribution >= 4 is 36.8 Å². The molecule has 3 N–H and O–H groups in total. The van der Waals surface area contributed by atoms with Crippen molar-refractivity contribution < 1.29 is 24.2 Å². The SMILES string of the molecule is COc1cc(C(=O)O)ccc1COC(=O)c1c(C)nc(CC(C)C)c(CN)c1-c1ccc(C)cc1.Cl.Cl. The molecule has 3 rings (SSSR count). The molecule has 200 valence electrons. The van der Waals surface area contributed by atoms with Crippen LogP contribution >= 0.6 is 24.8 Å². The molecule has 0 radical (unpaired) electrons. The summed E-state index contributed by atoms with van der Waals surface area (Å²) in [6.07, 6.45) is 0.745. The second-order valence-corrected chi connectivity index (χ2v) is 8.95. The summed E-state index contributed by atoms with van der Waals surface area (Å²) in [6, 6.07) is 12.4. The van der Waals surface area contributed by atoms with Crippen molar-refractivity contribution in [2.45, 2.75) is 47.3 Å². The highest BCUT2D eigenvalue weighted by Gasteiger charge is 2.25. The van der Waals surface area contributed by atoms with Gasteiger partial charge in [-0.25, -0.2) is 9.59 Å². The molecule has 0 unspecified atom stereocenters. The quantitative estimate of drug-likeness (QED) is 0.318. The number of hydrogen-bond acceptors (Lipinski definition) is 6. The summed E-state index contributed by atoms with van der Waals surface area (Å²) in [5.41, 5.74) is 12.3. The van der Waals surface area contributed by atoms with E-state index in [0.717, 1.165) is 34.4 Å². The Morgan fingerprint density at radius 1 is 1.05 bits per heavy atom. The van der Waals surface area contributed by atoms with Crippen molar-refractivity contribution in [3.8, 4) is 16.9 Å². The molecule has 0 aliphatic carbocycles. The molecule has 2 aromatic carbocycles. The number of ether oxygens (including phenoxy) is 2. The Bertz CT molecular complexity index is 1240. The second-order valence-electron chi connectivity index (χ2n) is 8.95. The third kappa shape index (κ3) is 7.44. The van der Waals surface area contributed by atoms with E-state index >= 15 is 0 Å². The Labute approximate surface area is 230 Å². The number of aromatic nitrogens is 1. The van der Waals surface area contributed by atoms with Crippen molar-refractivity contribution in [1.82, 2.24) is 4.98 Å². The number of rotatable bonds is 9. The zero-order valence-corrected chi connectivity index (χ0v) is 23.3. The first-order chi connectivity index (χ1) is 16.7. The predicted molar refractivity (Wildman–Crippen MR) is 149 cm³/mol. The summed E-state index contributed by atoms with van der Waals surface area (Å²) in [5, 5.41) is 9.22. The van der Waals surface area contributed by atoms with E-state index in [2.05, 4.69) is 13.8 Å². The van der Waals surface area contributed by atoms with Gasteiger partial charge in [-0.1, -0.05) is 49.7 Å². The van der Waals surface area contributed by atoms with E-state index in [-0.39, 0.29) is 43.5 Å². The van der Waals surface area contributed by atoms with Gasteiger partial charge >= 0.3 is 11.9 Å². The van der Waals surface area contributed by atoms with Gasteiger partial charge in [0.25, 0.3) is 0 Å². The summed E-state index contributed by atoms with van der Waals surface area (Å²) in [4.78, 5) is 29.5. The maximum Gasteiger partial charge on any atom is 0.340 e. The van der Waals surface area contributed by atoms with Crippen molar-refractivity contribution in [3.05, 3.63) is 81.7 Å². The van der Waals surface area contributed by atoms with E-state index in [1.807, 2.05) is 31.2 Å². The van der Waals surface area contributed by atoms with Crippen LogP contribution in [0.15, 0.2) is 42.5 Å². The molecule has 0 bridgehead atoms. The van der Waals surface area contributed by atoms with Gasteiger partial charge in [0, 0.05) is 23.4 Å². The lowest BCUT2D eigenvalue weighted by Crippen LogP contribution is -2.17. The molecular formula is C28H34Cl2N2O5. The number of hydrogen-bond donors (Lipinski definition) is 2. The van der Waals surface area contributed by atoms with Crippen molar-refractivity contribution in [3.63, 3.8) is 0 Å². The number of carboxylic acid groups (broad SMARTS) is 1. The van der Waals surface area contributed by atoms with Crippen LogP contribution in [-0.4, -0.2) is 29.1 Å². The maximum absolute atomic E-state index is 13.4. The molecule has 0 fully saturated rings. The summed E-state index contributed by atoms with van der Waals surface area (Å²) >= 11 is 0. The Morgan fingerprint density at radius 3 is 2.24 bits per heavy atom. The molecule has 7 nitrogen and oxygen atoms in total. The molecular weight excluding hydrogens is 515 g/mol. The fourth-order valence-electron chi connectivity index (χ4n) is 4.08. The number of benzene rings is 2. The normalized spacial score (nSPS) is 10.4. The molecule has 9 heteroatoms. The number of pyridine rings is 1. The fraction of sp³-hybridized carbons (Fsp3) is 0.321. The average Bonchev–Trinajstić information content (AvgIpc) is 2.82. The molecule has 0 amide bonds. The number of carboxylic acids is 1. The highest BCUT2D eigenvalue weighted by Crippen LogP contribution is 2.33. The first kappa shape index (κ1) is 31.9. The van der Waals surface area contributed by atoms with Gasteiger partial charge in [-0.15, -0.1) is 24.8 Å². The van der Waals surface area contributed by atoms with Gasteiger partial charge in [-0.05, 0) is 49.4 Å². The van der Waals surface area contributed by atoms with E-state index in [1.54, 1.807) is 13.0 Å². The smallest absolute Gasteiger partial charge is 0.340 e. The second kappa shape index (κ2) is 14.0. The summed E-state index contributed by atoms with van der Waals surface area (Å²) in [5.74, 6) is -0.883. The minimum atomic E-state index is -1.06. The van der Waals surface area contributed by atoms with E-state index in [9.17, 15) is 14.7 Å². The lowest BCUT2D eigenvalue weighted by atomic mass is 9.90. The van der Waals surface area contributed by atoms with Gasteiger partial charge < -0.3 is 20.3 Å². The van der Waals surface area contributed by atoms with Gasteiger partial charge in [0.15, 0.2) is 0 Å². The van der Waals surface area contributed by atoms with E-state index in [0.29, 0.717) is 28.5 Å². The van der Waals surface area contributed by atoms with E-state index in [4.69, 9.17) is 20.2 Å². The van der Waals surface area contributed by atoms with Crippen LogP contribution in [0.4, 0.5) is 0 Å². The molecule has 0 saturated carbocycles. The van der Waals surface area contributed by atoms with E-state index in [1.165, 1.54) is 19.2 Å². The molecule has 0 saturated heterocycles. The highest BCUT2D eigenvalue weighted by molar-refractivity contribution is 5.99. The predicted octanol–water partition coefficient (Wildman–Crippen LogP) is 5.93. The van der Waals surface area contributed by atoms with Gasteiger partial charge in [-0.3, -0.25) is 4.98 Å². The highest BCUT2D eigenvalue weighted by atomic mass is 35.5. The lowest BCUT2D eigenvalue weighted by molar-refractivity contribution is 0.0468. The molecule has 0 aliphatic heterocycles. The van der Waals surface area contributed by atoms with Gasteiger partial charge in [0.2, 0.25) is 0 Å². The third-order valence-electron chi connectivity index (χ3n) is 5.81. The Hall–Kier alpha value is -3.13. The number of aryl methyl sites for hydroxylation is 2. The molecule has 0 atom stereocenters. The minimum absolute atomic E-state index is 0. The zero-order chi connectivity index (χ0) is 25.7. The van der Waals surface area contributed by atoms with Crippen LogP contribution < -0.4 is 10.5 Å². The minimum Gasteiger partial charge on any atom is -0.496 e. The van der Waals surface area contributed by atoms with Gasteiger partial charge in [0.05, 0.1) is 23.9 Å². The number of carbonyl (C=O) groups excluding carboxylic acids is 1.